The zero-order valence-electron chi connectivity index (χ0n) is 15.8. The number of rotatable bonds is 6. The molecular weight excluding hydrogens is 393 g/mol. The van der Waals surface area contributed by atoms with Gasteiger partial charge in [-0.3, -0.25) is 14.3 Å². The van der Waals surface area contributed by atoms with Crippen LogP contribution in [0, 0.1) is 5.82 Å². The first-order valence-electron chi connectivity index (χ1n) is 9.51. The van der Waals surface area contributed by atoms with E-state index < -0.39 is 11.9 Å². The van der Waals surface area contributed by atoms with Crippen LogP contribution in [0.3, 0.4) is 0 Å². The summed E-state index contributed by atoms with van der Waals surface area (Å²) in [6, 6.07) is 13.2. The molecule has 1 saturated heterocycles. The summed E-state index contributed by atoms with van der Waals surface area (Å²) < 4.78 is 21.1. The minimum Gasteiger partial charge on any atom is -0.391 e. The van der Waals surface area contributed by atoms with Gasteiger partial charge in [0.25, 0.3) is 5.56 Å². The van der Waals surface area contributed by atoms with Crippen molar-refractivity contribution in [2.24, 2.45) is 0 Å². The third-order valence-electron chi connectivity index (χ3n) is 4.82. The van der Waals surface area contributed by atoms with Gasteiger partial charge < -0.3 is 9.84 Å². The van der Waals surface area contributed by atoms with E-state index in [1.807, 2.05) is 6.07 Å². The molecular formula is C21H22FN3O3S. The maximum Gasteiger partial charge on any atom is 0.266 e. The van der Waals surface area contributed by atoms with Gasteiger partial charge in [0.15, 0.2) is 5.16 Å². The Morgan fingerprint density at radius 3 is 2.66 bits per heavy atom. The molecule has 2 heterocycles. The summed E-state index contributed by atoms with van der Waals surface area (Å²) in [4.78, 5) is 19.9. The number of morpholine rings is 1. The van der Waals surface area contributed by atoms with E-state index in [0.717, 1.165) is 13.1 Å². The van der Waals surface area contributed by atoms with Crippen LogP contribution in [0.15, 0.2) is 58.5 Å². The molecule has 3 aromatic rings. The number of aromatic nitrogens is 2. The number of fused-ring (bicyclic) bond motifs is 1. The van der Waals surface area contributed by atoms with Crippen LogP contribution in [0.1, 0.15) is 0 Å². The van der Waals surface area contributed by atoms with Gasteiger partial charge in [0, 0.05) is 25.4 Å². The highest BCUT2D eigenvalue weighted by Gasteiger charge is 2.19. The molecule has 0 unspecified atom stereocenters. The van der Waals surface area contributed by atoms with Gasteiger partial charge in [0.2, 0.25) is 0 Å². The average Bonchev–Trinajstić information content (AvgIpc) is 2.74. The number of aliphatic hydroxyl groups excluding tert-OH is 1. The first-order valence-corrected chi connectivity index (χ1v) is 10.5. The Morgan fingerprint density at radius 1 is 1.14 bits per heavy atom. The Balaban J connectivity index is 1.64. The van der Waals surface area contributed by atoms with Crippen LogP contribution < -0.4 is 5.56 Å². The zero-order valence-corrected chi connectivity index (χ0v) is 16.6. The SMILES string of the molecule is O=c1c2ccccc2nc(SC[C@@H](O)CN2CCOCC2)n1-c1ccccc1F. The molecule has 2 aromatic carbocycles. The molecule has 0 radical (unpaired) electrons. The van der Waals surface area contributed by atoms with Crippen molar-refractivity contribution in [2.75, 3.05) is 38.6 Å². The quantitative estimate of drug-likeness (QED) is 0.492. The number of nitrogens with zero attached hydrogens (tertiary/aromatic N) is 3. The summed E-state index contributed by atoms with van der Waals surface area (Å²) in [5, 5.41) is 11.3. The van der Waals surface area contributed by atoms with Crippen LogP contribution in [0.4, 0.5) is 4.39 Å². The number of hydrogen-bond donors (Lipinski definition) is 1. The number of halogens is 1. The van der Waals surface area contributed by atoms with Crippen LogP contribution in [-0.4, -0.2) is 64.3 Å². The summed E-state index contributed by atoms with van der Waals surface area (Å²) in [6.45, 7) is 3.43. The molecule has 1 aliphatic rings. The van der Waals surface area contributed by atoms with Gasteiger partial charge >= 0.3 is 0 Å². The van der Waals surface area contributed by atoms with E-state index in [0.29, 0.717) is 41.6 Å². The number of thioether (sulfide) groups is 1. The van der Waals surface area contributed by atoms with Gasteiger partial charge in [-0.1, -0.05) is 36.0 Å². The third-order valence-corrected chi connectivity index (χ3v) is 5.90. The molecule has 0 bridgehead atoms. The minimum absolute atomic E-state index is 0.154. The van der Waals surface area contributed by atoms with Gasteiger partial charge in [-0.2, -0.15) is 0 Å². The third kappa shape index (κ3) is 4.51. The van der Waals surface area contributed by atoms with Gasteiger partial charge in [-0.25, -0.2) is 9.37 Å². The molecule has 1 aromatic heterocycles. The monoisotopic (exact) mass is 415 g/mol. The molecule has 0 saturated carbocycles. The standard InChI is InChI=1S/C21H22FN3O3S/c22-17-6-2-4-8-19(17)25-20(27)16-5-1-3-7-18(16)23-21(25)29-14-15(26)13-24-9-11-28-12-10-24/h1-8,15,26H,9-14H2/t15-/m0/s1. The summed E-state index contributed by atoms with van der Waals surface area (Å²) in [5.41, 5.74) is 0.377. The Morgan fingerprint density at radius 2 is 1.86 bits per heavy atom. The molecule has 0 aliphatic carbocycles. The molecule has 6 nitrogen and oxygen atoms in total. The highest BCUT2D eigenvalue weighted by Crippen LogP contribution is 2.23. The average molecular weight is 415 g/mol. The Labute approximate surface area is 171 Å². The first-order chi connectivity index (χ1) is 14.1. The molecule has 29 heavy (non-hydrogen) atoms. The highest BCUT2D eigenvalue weighted by atomic mass is 32.2. The van der Waals surface area contributed by atoms with Crippen molar-refractivity contribution in [1.29, 1.82) is 0 Å². The second kappa shape index (κ2) is 9.04. The van der Waals surface area contributed by atoms with Crippen molar-refractivity contribution in [1.82, 2.24) is 14.5 Å². The summed E-state index contributed by atoms with van der Waals surface area (Å²) in [7, 11) is 0. The van der Waals surface area contributed by atoms with Crippen molar-refractivity contribution >= 4 is 22.7 Å². The number of benzene rings is 2. The lowest BCUT2D eigenvalue weighted by Gasteiger charge is -2.28. The van der Waals surface area contributed by atoms with Crippen molar-refractivity contribution in [2.45, 2.75) is 11.3 Å². The van der Waals surface area contributed by atoms with Gasteiger partial charge in [0.05, 0.1) is 35.9 Å². The number of ether oxygens (including phenoxy) is 1. The number of hydrogen-bond acceptors (Lipinski definition) is 6. The maximum absolute atomic E-state index is 14.5. The lowest BCUT2D eigenvalue weighted by molar-refractivity contribution is 0.0188. The van der Waals surface area contributed by atoms with E-state index >= 15 is 0 Å². The van der Waals surface area contributed by atoms with Crippen LogP contribution in [-0.2, 0) is 4.74 Å². The Bertz CT molecular complexity index is 1050. The number of β-amino-alcohol motifs (C(OH)–C–C–N with tert-alkyl or cyclic N) is 1. The molecule has 152 valence electrons. The van der Waals surface area contributed by atoms with E-state index in [2.05, 4.69) is 9.88 Å². The van der Waals surface area contributed by atoms with Crippen molar-refractivity contribution in [3.8, 4) is 5.69 Å². The topological polar surface area (TPSA) is 67.6 Å². The number of aliphatic hydroxyl groups is 1. The zero-order chi connectivity index (χ0) is 20.2. The van der Waals surface area contributed by atoms with Crippen LogP contribution in [0.5, 0.6) is 0 Å². The van der Waals surface area contributed by atoms with Crippen molar-refractivity contribution in [3.05, 3.63) is 64.7 Å². The molecule has 1 N–H and O–H groups in total. The fraction of sp³-hybridized carbons (Fsp3) is 0.333. The summed E-state index contributed by atoms with van der Waals surface area (Å²) in [6.07, 6.45) is -0.601. The largest absolute Gasteiger partial charge is 0.391 e. The summed E-state index contributed by atoms with van der Waals surface area (Å²) in [5.74, 6) is -0.154. The lowest BCUT2D eigenvalue weighted by atomic mass is 10.2. The fourth-order valence-electron chi connectivity index (χ4n) is 3.36. The van der Waals surface area contributed by atoms with Gasteiger partial charge in [-0.15, -0.1) is 0 Å². The Kier molecular flexibility index (Phi) is 6.25. The van der Waals surface area contributed by atoms with Gasteiger partial charge in [0.1, 0.15) is 5.82 Å². The number of para-hydroxylation sites is 2. The predicted octanol–water partition coefficient (Wildman–Crippen LogP) is 2.31. The minimum atomic E-state index is -0.601. The van der Waals surface area contributed by atoms with E-state index in [4.69, 9.17) is 4.74 Å². The molecule has 1 fully saturated rings. The Hall–Kier alpha value is -2.26. The van der Waals surface area contributed by atoms with Crippen LogP contribution in [0.25, 0.3) is 16.6 Å². The van der Waals surface area contributed by atoms with Crippen LogP contribution >= 0.6 is 11.8 Å². The fourth-order valence-corrected chi connectivity index (χ4v) is 4.28. The lowest BCUT2D eigenvalue weighted by Crippen LogP contribution is -2.41. The van der Waals surface area contributed by atoms with Crippen LogP contribution in [0.2, 0.25) is 0 Å². The first kappa shape index (κ1) is 20.0. The van der Waals surface area contributed by atoms with Crippen molar-refractivity contribution in [3.63, 3.8) is 0 Å². The van der Waals surface area contributed by atoms with E-state index in [1.54, 1.807) is 36.4 Å². The summed E-state index contributed by atoms with van der Waals surface area (Å²) >= 11 is 1.25. The molecule has 4 rings (SSSR count). The maximum atomic E-state index is 14.5. The van der Waals surface area contributed by atoms with E-state index in [9.17, 15) is 14.3 Å². The highest BCUT2D eigenvalue weighted by molar-refractivity contribution is 7.99. The van der Waals surface area contributed by atoms with Gasteiger partial charge in [-0.05, 0) is 24.3 Å². The molecule has 0 amide bonds. The van der Waals surface area contributed by atoms with E-state index in [1.165, 1.54) is 22.4 Å². The van der Waals surface area contributed by atoms with Crippen molar-refractivity contribution < 1.29 is 14.2 Å². The normalized spacial score (nSPS) is 16.2. The molecule has 1 aliphatic heterocycles. The predicted molar refractivity (Wildman–Crippen MR) is 111 cm³/mol. The second-order valence-corrected chi connectivity index (χ2v) is 7.87. The molecule has 1 atom stereocenters. The molecule has 0 spiro atoms. The second-order valence-electron chi connectivity index (χ2n) is 6.88. The molecule has 8 heteroatoms. The smallest absolute Gasteiger partial charge is 0.266 e. The van der Waals surface area contributed by atoms with E-state index in [-0.39, 0.29) is 11.2 Å².